The number of hydrogen-bond donors (Lipinski definition) is 2. The average molecular weight is 279 g/mol. The van der Waals surface area contributed by atoms with Crippen LogP contribution in [0.4, 0.5) is 5.69 Å². The molecule has 0 amide bonds. The number of anilines is 1. The van der Waals surface area contributed by atoms with Crippen LogP contribution >= 0.6 is 0 Å². The first-order valence-corrected chi connectivity index (χ1v) is 5.74. The largest absolute Gasteiger partial charge is 1.00 e. The van der Waals surface area contributed by atoms with Gasteiger partial charge in [-0.2, -0.15) is 0 Å². The Hall–Kier alpha value is -1.62. The number of ketones is 1. The van der Waals surface area contributed by atoms with Crippen molar-refractivity contribution in [3.8, 4) is 0 Å². The van der Waals surface area contributed by atoms with Gasteiger partial charge in [0.05, 0.1) is 11.3 Å². The molecule has 0 heterocycles. The van der Waals surface area contributed by atoms with Crippen LogP contribution in [0.25, 0.3) is 0 Å². The van der Waals surface area contributed by atoms with Gasteiger partial charge in [-0.3, -0.25) is 4.79 Å². The summed E-state index contributed by atoms with van der Waals surface area (Å²) in [5.74, 6) is -1.42. The van der Waals surface area contributed by atoms with Crippen LogP contribution in [-0.4, -0.2) is 16.9 Å². The standard InChI is InChI=1S/C15H13NO3.Na.H/c1-9-5-7-10(8-6-9)14(17)11-3-2-4-12(13(11)16)15(18)19;;/h2-8H,16H2,1H3,(H,18,19);;/q;+1;-1. The van der Waals surface area contributed by atoms with Crippen molar-refractivity contribution in [2.24, 2.45) is 0 Å². The van der Waals surface area contributed by atoms with Crippen molar-refractivity contribution in [3.05, 3.63) is 64.7 Å². The number of carboxylic acid groups (broad SMARTS) is 1. The molecule has 0 atom stereocenters. The molecule has 0 aliphatic rings. The number of para-hydroxylation sites is 1. The second-order valence-corrected chi connectivity index (χ2v) is 4.27. The number of aryl methyl sites for hydroxylation is 1. The van der Waals surface area contributed by atoms with Gasteiger partial charge in [-0.05, 0) is 19.1 Å². The van der Waals surface area contributed by atoms with Crippen LogP contribution in [0.1, 0.15) is 33.3 Å². The maximum atomic E-state index is 12.3. The van der Waals surface area contributed by atoms with Gasteiger partial charge < -0.3 is 12.3 Å². The number of rotatable bonds is 3. The molecule has 3 N–H and O–H groups in total. The van der Waals surface area contributed by atoms with Crippen molar-refractivity contribution >= 4 is 17.4 Å². The van der Waals surface area contributed by atoms with Gasteiger partial charge in [0, 0.05) is 11.1 Å². The van der Waals surface area contributed by atoms with Crippen molar-refractivity contribution in [2.45, 2.75) is 6.92 Å². The molecule has 0 bridgehead atoms. The molecule has 0 aromatic heterocycles. The Bertz CT molecular complexity index is 656. The molecule has 20 heavy (non-hydrogen) atoms. The van der Waals surface area contributed by atoms with Crippen molar-refractivity contribution in [1.82, 2.24) is 0 Å². The van der Waals surface area contributed by atoms with Crippen LogP contribution in [0, 0.1) is 6.92 Å². The van der Waals surface area contributed by atoms with Gasteiger partial charge in [0.15, 0.2) is 5.78 Å². The number of hydrogen-bond acceptors (Lipinski definition) is 3. The van der Waals surface area contributed by atoms with Crippen LogP contribution in [-0.2, 0) is 0 Å². The van der Waals surface area contributed by atoms with E-state index in [1.54, 1.807) is 12.1 Å². The Morgan fingerprint density at radius 2 is 1.60 bits per heavy atom. The molecular formula is C15H14NNaO3. The van der Waals surface area contributed by atoms with Crippen molar-refractivity contribution < 1.29 is 45.7 Å². The summed E-state index contributed by atoms with van der Waals surface area (Å²) in [5.41, 5.74) is 7.44. The molecule has 0 spiro atoms. The number of aromatic carboxylic acids is 1. The molecule has 0 unspecified atom stereocenters. The van der Waals surface area contributed by atoms with E-state index < -0.39 is 5.97 Å². The molecular weight excluding hydrogens is 265 g/mol. The van der Waals surface area contributed by atoms with Gasteiger partial charge in [0.1, 0.15) is 0 Å². The molecule has 98 valence electrons. The predicted octanol–water partition coefficient (Wildman–Crippen LogP) is -0.377. The van der Waals surface area contributed by atoms with Gasteiger partial charge >= 0.3 is 35.5 Å². The van der Waals surface area contributed by atoms with Gasteiger partial charge in [0.2, 0.25) is 0 Å². The number of nitrogen functional groups attached to an aromatic ring is 1. The second-order valence-electron chi connectivity index (χ2n) is 4.27. The van der Waals surface area contributed by atoms with Crippen molar-refractivity contribution in [3.63, 3.8) is 0 Å². The smallest absolute Gasteiger partial charge is 1.00 e. The molecule has 4 nitrogen and oxygen atoms in total. The number of nitrogens with two attached hydrogens (primary N) is 1. The monoisotopic (exact) mass is 279 g/mol. The summed E-state index contributed by atoms with van der Waals surface area (Å²) in [5, 5.41) is 8.99. The van der Waals surface area contributed by atoms with Gasteiger partial charge in [-0.1, -0.05) is 35.9 Å². The summed E-state index contributed by atoms with van der Waals surface area (Å²) >= 11 is 0. The molecule has 0 saturated carbocycles. The zero-order chi connectivity index (χ0) is 14.0. The number of benzene rings is 2. The molecule has 2 aromatic carbocycles. The third-order valence-corrected chi connectivity index (χ3v) is 2.89. The van der Waals surface area contributed by atoms with Crippen LogP contribution in [0.3, 0.4) is 0 Å². The molecule has 2 rings (SSSR count). The number of carbonyl (C=O) groups is 2. The first kappa shape index (κ1) is 16.4. The summed E-state index contributed by atoms with van der Waals surface area (Å²) in [4.78, 5) is 23.3. The number of carbonyl (C=O) groups excluding carboxylic acids is 1. The minimum atomic E-state index is -1.14. The topological polar surface area (TPSA) is 80.4 Å². The Morgan fingerprint density at radius 3 is 2.15 bits per heavy atom. The van der Waals surface area contributed by atoms with E-state index in [9.17, 15) is 9.59 Å². The zero-order valence-electron chi connectivity index (χ0n) is 12.4. The van der Waals surface area contributed by atoms with Crippen LogP contribution in [0.2, 0.25) is 0 Å². The molecule has 0 fully saturated rings. The van der Waals surface area contributed by atoms with Crippen LogP contribution in [0.5, 0.6) is 0 Å². The third kappa shape index (κ3) is 3.28. The fraction of sp³-hybridized carbons (Fsp3) is 0.0667. The van der Waals surface area contributed by atoms with Gasteiger partial charge in [0.25, 0.3) is 0 Å². The van der Waals surface area contributed by atoms with Gasteiger partial charge in [-0.15, -0.1) is 0 Å². The summed E-state index contributed by atoms with van der Waals surface area (Å²) < 4.78 is 0. The average Bonchev–Trinajstić information content (AvgIpc) is 2.38. The molecule has 2 aromatic rings. The quantitative estimate of drug-likeness (QED) is 0.456. The first-order valence-electron chi connectivity index (χ1n) is 5.74. The maximum Gasteiger partial charge on any atom is 1.00 e. The van der Waals surface area contributed by atoms with Crippen LogP contribution < -0.4 is 35.3 Å². The minimum Gasteiger partial charge on any atom is -1.00 e. The van der Waals surface area contributed by atoms with E-state index in [2.05, 4.69) is 0 Å². The van der Waals surface area contributed by atoms with Crippen molar-refractivity contribution in [1.29, 1.82) is 0 Å². The Morgan fingerprint density at radius 1 is 1.05 bits per heavy atom. The summed E-state index contributed by atoms with van der Waals surface area (Å²) in [7, 11) is 0. The second kappa shape index (κ2) is 6.70. The van der Waals surface area contributed by atoms with E-state index >= 15 is 0 Å². The fourth-order valence-corrected chi connectivity index (χ4v) is 1.81. The predicted molar refractivity (Wildman–Crippen MR) is 73.5 cm³/mol. The van der Waals surface area contributed by atoms with Gasteiger partial charge in [-0.25, -0.2) is 4.79 Å². The minimum absolute atomic E-state index is 0. The normalized spacial score (nSPS) is 9.65. The van der Waals surface area contributed by atoms with E-state index in [-0.39, 0.29) is 53.6 Å². The summed E-state index contributed by atoms with van der Waals surface area (Å²) in [6.07, 6.45) is 0. The van der Waals surface area contributed by atoms with E-state index in [0.717, 1.165) is 5.56 Å². The number of carboxylic acids is 1. The molecule has 0 aliphatic heterocycles. The molecule has 5 heteroatoms. The van der Waals surface area contributed by atoms with E-state index in [4.69, 9.17) is 10.8 Å². The molecule has 0 saturated heterocycles. The molecule has 0 radical (unpaired) electrons. The van der Waals surface area contributed by atoms with E-state index in [0.29, 0.717) is 5.56 Å². The maximum absolute atomic E-state index is 12.3. The SMILES string of the molecule is Cc1ccc(C(=O)c2cccc(C(=O)O)c2N)cc1.[H-].[Na+]. The Kier molecular flexibility index (Phi) is 5.51. The molecule has 0 aliphatic carbocycles. The fourth-order valence-electron chi connectivity index (χ4n) is 1.81. The first-order chi connectivity index (χ1) is 9.00. The van der Waals surface area contributed by atoms with E-state index in [1.165, 1.54) is 18.2 Å². The Labute approximate surface area is 140 Å². The van der Waals surface area contributed by atoms with E-state index in [1.807, 2.05) is 19.1 Å². The summed E-state index contributed by atoms with van der Waals surface area (Å²) in [6.45, 7) is 1.92. The Balaban J connectivity index is 0.00000200. The third-order valence-electron chi connectivity index (χ3n) is 2.89. The summed E-state index contributed by atoms with van der Waals surface area (Å²) in [6, 6.07) is 11.5. The van der Waals surface area contributed by atoms with Crippen LogP contribution in [0.15, 0.2) is 42.5 Å². The zero-order valence-corrected chi connectivity index (χ0v) is 13.4. The van der Waals surface area contributed by atoms with Crippen molar-refractivity contribution in [2.75, 3.05) is 5.73 Å².